The number of amidine groups is 1. The Labute approximate surface area is 60.0 Å². The number of rotatable bonds is 0. The largest absolute Gasteiger partial charge is 0.434 e. The molecule has 0 aliphatic carbocycles. The topological polar surface area (TPSA) is 24.8 Å². The molecule has 54 valence electrons. The molecule has 0 saturated heterocycles. The Morgan fingerprint density at radius 1 is 1.60 bits per heavy atom. The molecule has 0 bridgehead atoms. The van der Waals surface area contributed by atoms with Gasteiger partial charge in [0, 0.05) is 19.6 Å². The third kappa shape index (κ3) is 0.875. The number of hydrogen-bond donors (Lipinski definition) is 0. The van der Waals surface area contributed by atoms with Gasteiger partial charge in [-0.25, -0.2) is 4.99 Å². The van der Waals surface area contributed by atoms with Gasteiger partial charge in [-0.15, -0.1) is 0 Å². The first-order valence-corrected chi connectivity index (χ1v) is 3.58. The minimum absolute atomic E-state index is 0.800. The third-order valence-electron chi connectivity index (χ3n) is 1.70. The van der Waals surface area contributed by atoms with Crippen LogP contribution in [0.5, 0.6) is 0 Å². The van der Waals surface area contributed by atoms with Gasteiger partial charge in [0.1, 0.15) is 0 Å². The number of hydrogen-bond acceptors (Lipinski definition) is 3. The lowest BCUT2D eigenvalue weighted by Gasteiger charge is -2.28. The predicted molar refractivity (Wildman–Crippen MR) is 38.7 cm³/mol. The average Bonchev–Trinajstić information content (AvgIpc) is 2.05. The molecule has 2 heterocycles. The maximum Gasteiger partial charge on any atom is 0.292 e. The van der Waals surface area contributed by atoms with Crippen molar-refractivity contribution >= 4 is 6.02 Å². The molecule has 10 heavy (non-hydrogen) atoms. The highest BCUT2D eigenvalue weighted by atomic mass is 16.5. The summed E-state index contributed by atoms with van der Waals surface area (Å²) in [4.78, 5) is 6.36. The molecular weight excluding hydrogens is 128 g/mol. The van der Waals surface area contributed by atoms with Crippen molar-refractivity contribution in [2.24, 2.45) is 4.99 Å². The van der Waals surface area contributed by atoms with Crippen molar-refractivity contribution in [2.75, 3.05) is 19.6 Å². The van der Waals surface area contributed by atoms with E-state index in [2.05, 4.69) is 9.89 Å². The first-order chi connectivity index (χ1) is 4.97. The fourth-order valence-corrected chi connectivity index (χ4v) is 1.19. The molecule has 0 N–H and O–H groups in total. The van der Waals surface area contributed by atoms with Gasteiger partial charge in [0.25, 0.3) is 6.02 Å². The first-order valence-electron chi connectivity index (χ1n) is 3.58. The molecular formula is C7H10N2O. The van der Waals surface area contributed by atoms with Crippen LogP contribution in [0.15, 0.2) is 17.3 Å². The van der Waals surface area contributed by atoms with E-state index in [4.69, 9.17) is 4.74 Å². The van der Waals surface area contributed by atoms with Crippen molar-refractivity contribution in [1.82, 2.24) is 4.90 Å². The van der Waals surface area contributed by atoms with E-state index in [1.807, 2.05) is 6.08 Å². The van der Waals surface area contributed by atoms with Gasteiger partial charge in [-0.05, 0) is 12.5 Å². The maximum atomic E-state index is 5.18. The van der Waals surface area contributed by atoms with Crippen LogP contribution >= 0.6 is 0 Å². The Morgan fingerprint density at radius 2 is 2.60 bits per heavy atom. The minimum Gasteiger partial charge on any atom is -0.434 e. The fraction of sp³-hybridized carbons (Fsp3) is 0.571. The Bertz CT molecular complexity index is 186. The van der Waals surface area contributed by atoms with E-state index in [0.717, 1.165) is 32.1 Å². The monoisotopic (exact) mass is 138 g/mol. The number of ether oxygens (including phenoxy) is 1. The second-order valence-corrected chi connectivity index (χ2v) is 2.45. The van der Waals surface area contributed by atoms with Crippen LogP contribution in [-0.2, 0) is 4.74 Å². The zero-order valence-electron chi connectivity index (χ0n) is 5.79. The van der Waals surface area contributed by atoms with Crippen molar-refractivity contribution in [1.29, 1.82) is 0 Å². The van der Waals surface area contributed by atoms with Gasteiger partial charge < -0.3 is 9.64 Å². The Balaban J connectivity index is 2.17. The molecule has 0 aromatic carbocycles. The van der Waals surface area contributed by atoms with E-state index in [0.29, 0.717) is 0 Å². The molecule has 0 saturated carbocycles. The first kappa shape index (κ1) is 5.77. The summed E-state index contributed by atoms with van der Waals surface area (Å²) in [6.07, 6.45) is 4.87. The average molecular weight is 138 g/mol. The number of aliphatic imine (C=N–C) groups is 1. The molecule has 3 nitrogen and oxygen atoms in total. The molecule has 0 spiro atoms. The van der Waals surface area contributed by atoms with Crippen LogP contribution in [0.1, 0.15) is 6.42 Å². The highest BCUT2D eigenvalue weighted by Gasteiger charge is 2.16. The molecule has 3 heteroatoms. The molecule has 0 aromatic heterocycles. The summed E-state index contributed by atoms with van der Waals surface area (Å²) in [6, 6.07) is 0.800. The Kier molecular flexibility index (Phi) is 1.34. The van der Waals surface area contributed by atoms with E-state index in [-0.39, 0.29) is 0 Å². The molecule has 0 unspecified atom stereocenters. The SMILES string of the molecule is C1=COC2=NCCCN2C1. The quantitative estimate of drug-likeness (QED) is 0.489. The summed E-state index contributed by atoms with van der Waals surface area (Å²) < 4.78 is 5.18. The molecule has 2 aliphatic rings. The number of fused-ring (bicyclic) bond motifs is 1. The molecule has 0 amide bonds. The van der Waals surface area contributed by atoms with E-state index in [9.17, 15) is 0 Å². The standard InChI is InChI=1S/C7H10N2O/c1-3-8-7-9(4-1)5-2-6-10-7/h2,6H,1,3-5H2. The summed E-state index contributed by atoms with van der Waals surface area (Å²) >= 11 is 0. The van der Waals surface area contributed by atoms with Crippen molar-refractivity contribution in [2.45, 2.75) is 6.42 Å². The highest BCUT2D eigenvalue weighted by molar-refractivity contribution is 5.75. The zero-order valence-corrected chi connectivity index (χ0v) is 5.79. The van der Waals surface area contributed by atoms with Gasteiger partial charge in [0.05, 0.1) is 6.26 Å². The van der Waals surface area contributed by atoms with Gasteiger partial charge in [-0.2, -0.15) is 0 Å². The van der Waals surface area contributed by atoms with E-state index in [1.165, 1.54) is 0 Å². The second-order valence-electron chi connectivity index (χ2n) is 2.45. The van der Waals surface area contributed by atoms with Gasteiger partial charge >= 0.3 is 0 Å². The van der Waals surface area contributed by atoms with Gasteiger partial charge in [-0.3, -0.25) is 0 Å². The van der Waals surface area contributed by atoms with Crippen molar-refractivity contribution in [3.05, 3.63) is 12.3 Å². The second kappa shape index (κ2) is 2.33. The smallest absolute Gasteiger partial charge is 0.292 e. The van der Waals surface area contributed by atoms with Crippen LogP contribution in [-0.4, -0.2) is 30.6 Å². The van der Waals surface area contributed by atoms with Crippen LogP contribution in [0.3, 0.4) is 0 Å². The summed E-state index contributed by atoms with van der Waals surface area (Å²) in [7, 11) is 0. The normalized spacial score (nSPS) is 23.2. The van der Waals surface area contributed by atoms with Crippen molar-refractivity contribution in [3.8, 4) is 0 Å². The lowest BCUT2D eigenvalue weighted by Crippen LogP contribution is -2.38. The van der Waals surface area contributed by atoms with Crippen LogP contribution in [0, 0.1) is 0 Å². The Morgan fingerprint density at radius 3 is 3.50 bits per heavy atom. The zero-order chi connectivity index (χ0) is 6.81. The summed E-state index contributed by atoms with van der Waals surface area (Å²) in [5, 5.41) is 0. The summed E-state index contributed by atoms with van der Waals surface area (Å²) in [5.41, 5.74) is 0. The Hall–Kier alpha value is -0.990. The summed E-state index contributed by atoms with van der Waals surface area (Å²) in [5.74, 6) is 0. The molecule has 0 radical (unpaired) electrons. The van der Waals surface area contributed by atoms with Crippen LogP contribution in [0.4, 0.5) is 0 Å². The van der Waals surface area contributed by atoms with Crippen LogP contribution < -0.4 is 0 Å². The molecule has 0 atom stereocenters. The van der Waals surface area contributed by atoms with Gasteiger partial charge in [-0.1, -0.05) is 0 Å². The predicted octanol–water partition coefficient (Wildman–Crippen LogP) is 0.592. The van der Waals surface area contributed by atoms with E-state index < -0.39 is 0 Å². The van der Waals surface area contributed by atoms with Crippen LogP contribution in [0.25, 0.3) is 0 Å². The molecule has 2 rings (SSSR count). The lowest BCUT2D eigenvalue weighted by atomic mass is 10.3. The molecule has 0 aromatic rings. The molecule has 2 aliphatic heterocycles. The maximum absolute atomic E-state index is 5.18. The minimum atomic E-state index is 0.800. The van der Waals surface area contributed by atoms with Gasteiger partial charge in [0.2, 0.25) is 0 Å². The molecule has 0 fully saturated rings. The van der Waals surface area contributed by atoms with E-state index in [1.54, 1.807) is 6.26 Å². The van der Waals surface area contributed by atoms with Crippen LogP contribution in [0.2, 0.25) is 0 Å². The fourth-order valence-electron chi connectivity index (χ4n) is 1.19. The highest BCUT2D eigenvalue weighted by Crippen LogP contribution is 2.07. The summed E-state index contributed by atoms with van der Waals surface area (Å²) in [6.45, 7) is 2.96. The lowest BCUT2D eigenvalue weighted by molar-refractivity contribution is 0.288. The van der Waals surface area contributed by atoms with Crippen molar-refractivity contribution in [3.63, 3.8) is 0 Å². The van der Waals surface area contributed by atoms with Gasteiger partial charge in [0.15, 0.2) is 0 Å². The number of nitrogens with zero attached hydrogens (tertiary/aromatic N) is 2. The third-order valence-corrected chi connectivity index (χ3v) is 1.70. The van der Waals surface area contributed by atoms with Crippen molar-refractivity contribution < 1.29 is 4.74 Å². The van der Waals surface area contributed by atoms with E-state index >= 15 is 0 Å².